The standard InChI is InChI=1S/C16H14N4O3/c1-22-15-12(7-18-16(20-15)23-2)14-9-17-8-13(19-14)10-4-3-5-11(21)6-10/h3-9,21H,1-2H3. The Kier molecular flexibility index (Phi) is 4.01. The third-order valence-electron chi connectivity index (χ3n) is 3.16. The smallest absolute Gasteiger partial charge is 0.319 e. The van der Waals surface area contributed by atoms with E-state index in [1.54, 1.807) is 36.8 Å². The fourth-order valence-corrected chi connectivity index (χ4v) is 2.08. The summed E-state index contributed by atoms with van der Waals surface area (Å²) in [6, 6.07) is 7.02. The minimum Gasteiger partial charge on any atom is -0.508 e. The summed E-state index contributed by atoms with van der Waals surface area (Å²) in [5, 5.41) is 9.60. The maximum Gasteiger partial charge on any atom is 0.319 e. The van der Waals surface area contributed by atoms with Gasteiger partial charge in [0.15, 0.2) is 0 Å². The van der Waals surface area contributed by atoms with Crippen molar-refractivity contribution in [3.63, 3.8) is 0 Å². The van der Waals surface area contributed by atoms with Gasteiger partial charge in [-0.3, -0.25) is 4.98 Å². The van der Waals surface area contributed by atoms with E-state index in [-0.39, 0.29) is 11.8 Å². The zero-order valence-corrected chi connectivity index (χ0v) is 12.6. The molecule has 0 radical (unpaired) electrons. The molecule has 0 saturated carbocycles. The first-order valence-corrected chi connectivity index (χ1v) is 6.78. The second-order valence-corrected chi connectivity index (χ2v) is 4.62. The molecular formula is C16H14N4O3. The van der Waals surface area contributed by atoms with Crippen LogP contribution in [0, 0.1) is 0 Å². The fraction of sp³-hybridized carbons (Fsp3) is 0.125. The lowest BCUT2D eigenvalue weighted by atomic mass is 10.1. The highest BCUT2D eigenvalue weighted by Crippen LogP contribution is 2.29. The molecule has 1 N–H and O–H groups in total. The van der Waals surface area contributed by atoms with Crippen molar-refractivity contribution in [3.05, 3.63) is 42.9 Å². The molecule has 2 aromatic heterocycles. The molecule has 0 aliphatic carbocycles. The molecule has 0 amide bonds. The van der Waals surface area contributed by atoms with Gasteiger partial charge >= 0.3 is 6.01 Å². The first kappa shape index (κ1) is 14.7. The van der Waals surface area contributed by atoms with Gasteiger partial charge < -0.3 is 14.6 Å². The Morgan fingerprint density at radius 3 is 2.52 bits per heavy atom. The van der Waals surface area contributed by atoms with Crippen LogP contribution in [0.1, 0.15) is 0 Å². The van der Waals surface area contributed by atoms with Crippen LogP contribution in [0.25, 0.3) is 22.5 Å². The minimum absolute atomic E-state index is 0.167. The molecule has 3 rings (SSSR count). The quantitative estimate of drug-likeness (QED) is 0.790. The molecule has 0 fully saturated rings. The van der Waals surface area contributed by atoms with E-state index in [4.69, 9.17) is 9.47 Å². The third-order valence-corrected chi connectivity index (χ3v) is 3.16. The predicted molar refractivity (Wildman–Crippen MR) is 83.3 cm³/mol. The van der Waals surface area contributed by atoms with Crippen molar-refractivity contribution in [1.82, 2.24) is 19.9 Å². The molecule has 0 saturated heterocycles. The topological polar surface area (TPSA) is 90.3 Å². The average molecular weight is 310 g/mol. The van der Waals surface area contributed by atoms with Crippen LogP contribution >= 0.6 is 0 Å². The van der Waals surface area contributed by atoms with E-state index in [0.29, 0.717) is 22.8 Å². The van der Waals surface area contributed by atoms with Crippen molar-refractivity contribution in [2.24, 2.45) is 0 Å². The summed E-state index contributed by atoms with van der Waals surface area (Å²) in [5.74, 6) is 0.513. The number of methoxy groups -OCH3 is 2. The molecule has 23 heavy (non-hydrogen) atoms. The van der Waals surface area contributed by atoms with E-state index in [2.05, 4.69) is 19.9 Å². The van der Waals surface area contributed by atoms with E-state index < -0.39 is 0 Å². The number of phenolic OH excluding ortho intramolecular Hbond substituents is 1. The Bertz CT molecular complexity index is 839. The lowest BCUT2D eigenvalue weighted by Crippen LogP contribution is -1.99. The number of ether oxygens (including phenoxy) is 2. The molecular weight excluding hydrogens is 296 g/mol. The van der Waals surface area contributed by atoms with Gasteiger partial charge in [0.1, 0.15) is 5.75 Å². The largest absolute Gasteiger partial charge is 0.508 e. The van der Waals surface area contributed by atoms with Gasteiger partial charge in [0.05, 0.1) is 43.6 Å². The zero-order chi connectivity index (χ0) is 16.2. The number of benzene rings is 1. The second kappa shape index (κ2) is 6.27. The summed E-state index contributed by atoms with van der Waals surface area (Å²) in [6.45, 7) is 0. The van der Waals surface area contributed by atoms with Crippen LogP contribution in [-0.2, 0) is 0 Å². The first-order chi connectivity index (χ1) is 11.2. The molecule has 0 bridgehead atoms. The Labute approximate surface area is 132 Å². The number of aromatic hydroxyl groups is 1. The molecule has 0 atom stereocenters. The second-order valence-electron chi connectivity index (χ2n) is 4.62. The molecule has 7 nitrogen and oxygen atoms in total. The summed E-state index contributed by atoms with van der Waals surface area (Å²) >= 11 is 0. The molecule has 0 spiro atoms. The SMILES string of the molecule is COc1ncc(-c2cncc(-c3cccc(O)c3)n2)c(OC)n1. The normalized spacial score (nSPS) is 10.3. The molecule has 1 aromatic carbocycles. The minimum atomic E-state index is 0.167. The van der Waals surface area contributed by atoms with Crippen LogP contribution in [0.3, 0.4) is 0 Å². The van der Waals surface area contributed by atoms with E-state index in [0.717, 1.165) is 5.56 Å². The molecule has 0 aliphatic rings. The number of hydrogen-bond acceptors (Lipinski definition) is 7. The van der Waals surface area contributed by atoms with Gasteiger partial charge in [0, 0.05) is 11.8 Å². The summed E-state index contributed by atoms with van der Waals surface area (Å²) in [5.41, 5.74) is 2.54. The molecule has 0 aliphatic heterocycles. The Morgan fingerprint density at radius 1 is 0.957 bits per heavy atom. The van der Waals surface area contributed by atoms with Crippen LogP contribution in [0.4, 0.5) is 0 Å². The lowest BCUT2D eigenvalue weighted by Gasteiger charge is -2.09. The summed E-state index contributed by atoms with van der Waals surface area (Å²) in [6.07, 6.45) is 4.79. The van der Waals surface area contributed by atoms with E-state index >= 15 is 0 Å². The van der Waals surface area contributed by atoms with Gasteiger partial charge in [-0.25, -0.2) is 9.97 Å². The van der Waals surface area contributed by atoms with Crippen LogP contribution < -0.4 is 9.47 Å². The Morgan fingerprint density at radius 2 is 1.78 bits per heavy atom. The summed E-state index contributed by atoms with van der Waals surface area (Å²) in [4.78, 5) is 17.0. The van der Waals surface area contributed by atoms with Gasteiger partial charge in [-0.2, -0.15) is 4.98 Å². The van der Waals surface area contributed by atoms with E-state index in [1.807, 2.05) is 6.07 Å². The monoisotopic (exact) mass is 310 g/mol. The van der Waals surface area contributed by atoms with Gasteiger partial charge in [0.2, 0.25) is 5.88 Å². The highest BCUT2D eigenvalue weighted by molar-refractivity contribution is 5.68. The van der Waals surface area contributed by atoms with Gasteiger partial charge in [-0.15, -0.1) is 0 Å². The zero-order valence-electron chi connectivity index (χ0n) is 12.6. The maximum absolute atomic E-state index is 9.60. The number of rotatable bonds is 4. The van der Waals surface area contributed by atoms with Crippen molar-refractivity contribution in [2.75, 3.05) is 14.2 Å². The van der Waals surface area contributed by atoms with E-state index in [9.17, 15) is 5.11 Å². The van der Waals surface area contributed by atoms with Gasteiger partial charge in [0.25, 0.3) is 0 Å². The van der Waals surface area contributed by atoms with Crippen molar-refractivity contribution in [3.8, 4) is 40.2 Å². The first-order valence-electron chi connectivity index (χ1n) is 6.78. The average Bonchev–Trinajstić information content (AvgIpc) is 2.61. The van der Waals surface area contributed by atoms with Gasteiger partial charge in [-0.05, 0) is 12.1 Å². The molecule has 7 heteroatoms. The fourth-order valence-electron chi connectivity index (χ4n) is 2.08. The summed E-state index contributed by atoms with van der Waals surface area (Å²) < 4.78 is 10.3. The highest BCUT2D eigenvalue weighted by atomic mass is 16.5. The van der Waals surface area contributed by atoms with Crippen LogP contribution in [0.15, 0.2) is 42.9 Å². The number of nitrogens with zero attached hydrogens (tertiary/aromatic N) is 4. The van der Waals surface area contributed by atoms with E-state index in [1.165, 1.54) is 14.2 Å². The number of phenols is 1. The predicted octanol–water partition coefficient (Wildman–Crippen LogP) is 2.32. The third kappa shape index (κ3) is 3.03. The van der Waals surface area contributed by atoms with Crippen LogP contribution in [0.2, 0.25) is 0 Å². The van der Waals surface area contributed by atoms with Crippen molar-refractivity contribution in [2.45, 2.75) is 0 Å². The Hall–Kier alpha value is -3.22. The number of aromatic nitrogens is 4. The Balaban J connectivity index is 2.06. The van der Waals surface area contributed by atoms with Crippen molar-refractivity contribution >= 4 is 0 Å². The van der Waals surface area contributed by atoms with Gasteiger partial charge in [-0.1, -0.05) is 12.1 Å². The number of hydrogen-bond donors (Lipinski definition) is 1. The van der Waals surface area contributed by atoms with Crippen LogP contribution in [-0.4, -0.2) is 39.3 Å². The molecule has 116 valence electrons. The molecule has 2 heterocycles. The highest BCUT2D eigenvalue weighted by Gasteiger charge is 2.13. The maximum atomic E-state index is 9.60. The summed E-state index contributed by atoms with van der Waals surface area (Å²) in [7, 11) is 2.99. The lowest BCUT2D eigenvalue weighted by molar-refractivity contribution is 0.353. The molecule has 0 unspecified atom stereocenters. The van der Waals surface area contributed by atoms with Crippen LogP contribution in [0.5, 0.6) is 17.6 Å². The molecule has 3 aromatic rings. The van der Waals surface area contributed by atoms with Crippen molar-refractivity contribution < 1.29 is 14.6 Å². The van der Waals surface area contributed by atoms with Crippen molar-refractivity contribution in [1.29, 1.82) is 0 Å².